The third kappa shape index (κ3) is 22.5. The number of nitrogens with zero attached hydrogens (tertiary/aromatic N) is 3. The number of hydrazone groups is 1. The summed E-state index contributed by atoms with van der Waals surface area (Å²) in [5.74, 6) is -1.37. The molecule has 8 atom stereocenters. The SMILES string of the molecule is C.CC[C@@H](/C=N/NC(=O)NCC1CCC(C(=O)NC)CC1)NC(=O)[C@@H]1C[C@@H](OCc2ccccc2)CN1C(=O)[C@@H]([NH-])C(C)C.CC[C@@H](C=O)NC(=O)[C@@H]1C[C@@H](OCc2ccccc2)CN1C(=O)[C@@H]([NH-])C(C)C.[3H-].[3H-].[K+].[K+]. The summed E-state index contributed by atoms with van der Waals surface area (Å²) < 4.78 is 12.0. The second-order valence-electron chi connectivity index (χ2n) is 19.4. The number of benzene rings is 2. The van der Waals surface area contributed by atoms with Crippen LogP contribution in [0.1, 0.15) is 114 Å². The van der Waals surface area contributed by atoms with Crippen LogP contribution in [0.5, 0.6) is 0 Å². The first-order chi connectivity index (χ1) is 34.0. The number of urea groups is 1. The van der Waals surface area contributed by atoms with E-state index in [0.717, 1.165) is 36.8 Å². The van der Waals surface area contributed by atoms with Crippen LogP contribution in [0.3, 0.4) is 0 Å². The molecular formula is C53H84K2N10O9-2. The number of aldehydes is 1. The van der Waals surface area contributed by atoms with Crippen LogP contribution in [0.25, 0.3) is 11.5 Å². The minimum Gasteiger partial charge on any atom is -1.00 e. The third-order valence-electron chi connectivity index (χ3n) is 13.4. The second-order valence-corrected chi connectivity index (χ2v) is 19.4. The van der Waals surface area contributed by atoms with Gasteiger partial charge in [-0.3, -0.25) is 24.0 Å². The van der Waals surface area contributed by atoms with Crippen molar-refractivity contribution in [3.63, 3.8) is 0 Å². The molecule has 2 aliphatic heterocycles. The van der Waals surface area contributed by atoms with Gasteiger partial charge >= 0.3 is 109 Å². The van der Waals surface area contributed by atoms with Crippen LogP contribution >= 0.6 is 0 Å². The minimum absolute atomic E-state index is 0. The molecule has 21 heteroatoms. The second kappa shape index (κ2) is 36.6. The average molecular weight is 1090 g/mol. The fourth-order valence-electron chi connectivity index (χ4n) is 8.66. The molecule has 74 heavy (non-hydrogen) atoms. The molecule has 0 radical (unpaired) electrons. The van der Waals surface area contributed by atoms with Crippen molar-refractivity contribution in [2.75, 3.05) is 26.7 Å². The van der Waals surface area contributed by atoms with E-state index in [1.165, 1.54) is 16.0 Å². The van der Waals surface area contributed by atoms with Crippen molar-refractivity contribution < 1.29 is 149 Å². The predicted octanol–water partition coefficient (Wildman–Crippen LogP) is 0.194. The summed E-state index contributed by atoms with van der Waals surface area (Å²) in [5, 5.41) is 15.2. The first-order valence-electron chi connectivity index (χ1n) is 25.2. The fourth-order valence-corrected chi connectivity index (χ4v) is 8.66. The molecular weight excluding hydrogens is 999 g/mol. The van der Waals surface area contributed by atoms with Gasteiger partial charge in [-0.1, -0.05) is 134 Å². The zero-order valence-electron chi connectivity index (χ0n) is 46.6. The molecule has 0 bridgehead atoms. The van der Waals surface area contributed by atoms with E-state index in [1.54, 1.807) is 14.0 Å². The van der Waals surface area contributed by atoms with Gasteiger partial charge in [0.15, 0.2) is 0 Å². The van der Waals surface area contributed by atoms with Gasteiger partial charge in [-0.25, -0.2) is 10.2 Å². The van der Waals surface area contributed by atoms with Crippen molar-refractivity contribution in [3.05, 3.63) is 83.3 Å². The maximum absolute atomic E-state index is 13.4. The van der Waals surface area contributed by atoms with Gasteiger partial charge in [0.05, 0.1) is 37.5 Å². The smallest absolute Gasteiger partial charge is 1.00 e. The Morgan fingerprint density at radius 3 is 1.53 bits per heavy atom. The molecule has 5 rings (SSSR count). The number of hydrogen-bond donors (Lipinski definition) is 5. The molecule has 3 fully saturated rings. The first-order valence-corrected chi connectivity index (χ1v) is 25.2. The molecule has 0 unspecified atom stereocenters. The summed E-state index contributed by atoms with van der Waals surface area (Å²) in [6.45, 7) is 12.7. The van der Waals surface area contributed by atoms with E-state index < -0.39 is 42.3 Å². The van der Waals surface area contributed by atoms with Crippen LogP contribution in [0.15, 0.2) is 65.8 Å². The van der Waals surface area contributed by atoms with E-state index in [9.17, 15) is 33.6 Å². The molecule has 0 spiro atoms. The number of carbonyl (C=O) groups is 7. The number of hydrogen-bond acceptors (Lipinski definition) is 10. The van der Waals surface area contributed by atoms with Gasteiger partial charge in [-0.2, -0.15) is 5.10 Å². The zero-order valence-corrected chi connectivity index (χ0v) is 50.8. The van der Waals surface area contributed by atoms with Crippen molar-refractivity contribution in [1.29, 1.82) is 0 Å². The maximum atomic E-state index is 13.4. The average Bonchev–Trinajstić information content (AvgIpc) is 4.03. The number of rotatable bonds is 22. The number of carbonyl (C=O) groups excluding carboxylic acids is 7. The van der Waals surface area contributed by atoms with E-state index in [2.05, 4.69) is 31.8 Å². The quantitative estimate of drug-likeness (QED) is 0.0466. The predicted molar refractivity (Wildman–Crippen MR) is 280 cm³/mol. The molecule has 0 aromatic heterocycles. The summed E-state index contributed by atoms with van der Waals surface area (Å²) >= 11 is 0. The topological polar surface area (TPSA) is 265 Å². The Kier molecular flexibility index (Phi) is 34.4. The van der Waals surface area contributed by atoms with E-state index in [-0.39, 0.29) is 186 Å². The van der Waals surface area contributed by atoms with Crippen molar-refractivity contribution >= 4 is 48.1 Å². The largest absolute Gasteiger partial charge is 1.00 e. The molecule has 404 valence electrons. The maximum Gasteiger partial charge on any atom is 1.00 e. The third-order valence-corrected chi connectivity index (χ3v) is 13.4. The number of likely N-dealkylation sites (tertiary alicyclic amines) is 2. The number of nitrogens with one attached hydrogen (secondary N) is 7. The van der Waals surface area contributed by atoms with Crippen LogP contribution in [0, 0.1) is 23.7 Å². The van der Waals surface area contributed by atoms with E-state index >= 15 is 0 Å². The molecule has 1 aliphatic carbocycles. The molecule has 2 aromatic carbocycles. The van der Waals surface area contributed by atoms with Crippen molar-refractivity contribution in [1.82, 2.24) is 36.5 Å². The Hall–Kier alpha value is -2.49. The van der Waals surface area contributed by atoms with Gasteiger partial charge in [-0.15, -0.1) is 0 Å². The monoisotopic (exact) mass is 1090 g/mol. The van der Waals surface area contributed by atoms with Crippen molar-refractivity contribution in [2.24, 2.45) is 28.8 Å². The summed E-state index contributed by atoms with van der Waals surface area (Å²) in [6, 6.07) is 14.5. The van der Waals surface area contributed by atoms with Gasteiger partial charge in [0, 0.05) is 51.7 Å². The molecule has 7 N–H and O–H groups in total. The van der Waals surface area contributed by atoms with Crippen LogP contribution in [0.4, 0.5) is 4.79 Å². The molecule has 7 amide bonds. The molecule has 2 saturated heterocycles. The van der Waals surface area contributed by atoms with Gasteiger partial charge < -0.3 is 59.7 Å². The standard InChI is InChI=1S/C31H48N7O5.C21H30N3O4.CH4.2K.2H/c1-5-24(17-35-37-31(42)34-16-21-11-13-23(14-12-21)28(39)33-4)36-29(40)26-15-25(43-19-22-9-7-6-8-10-22)18-38(26)30(41)27(32)20(2)3;1-4-16(12-25)23-20(26)18-10-17(28-13-15-8-6-5-7-9-15)11-24(18)21(27)19(22)14(2)3;;;;;/h6-10,17,20-21,23-27,32H,5,11-16,18-19H2,1-4H3,(H,33,39)(H,36,40)(H2,34,37,42);5-9,12,14,16-19,22H,4,10-11,13H2,1-3H3,(H,23,26);1H4;;;;/q2*-1;;2*+1;2*-1/b35-17+;;;;;;/t21?,23?,24-,25+,26-,27-;16-,17+,18-,19-;;;;;/m00...../s1/i;;;;;2*1+2. The van der Waals surface area contributed by atoms with Gasteiger partial charge in [-0.05, 0) is 55.6 Å². The van der Waals surface area contributed by atoms with Crippen molar-refractivity contribution in [2.45, 2.75) is 162 Å². The Morgan fingerprint density at radius 1 is 0.703 bits per heavy atom. The Labute approximate surface area is 527 Å². The summed E-state index contributed by atoms with van der Waals surface area (Å²) in [7, 11) is 1.65. The minimum atomic E-state index is -0.972. The van der Waals surface area contributed by atoms with Crippen LogP contribution in [0.2, 0.25) is 0 Å². The van der Waals surface area contributed by atoms with Gasteiger partial charge in [0.25, 0.3) is 0 Å². The molecule has 19 nitrogen and oxygen atoms in total. The number of ether oxygens (including phenoxy) is 2. The van der Waals surface area contributed by atoms with Crippen LogP contribution in [-0.4, -0.2) is 133 Å². The normalized spacial score (nSPS) is 21.8. The Balaban J connectivity index is 0. The molecule has 3 aliphatic rings. The molecule has 2 heterocycles. The van der Waals surface area contributed by atoms with Gasteiger partial charge in [0.2, 0.25) is 29.5 Å². The summed E-state index contributed by atoms with van der Waals surface area (Å²) in [6.07, 6.45) is 6.60. The van der Waals surface area contributed by atoms with Crippen LogP contribution in [-0.2, 0) is 51.5 Å². The van der Waals surface area contributed by atoms with Gasteiger partial charge in [0.1, 0.15) is 18.4 Å². The van der Waals surface area contributed by atoms with E-state index in [4.69, 9.17) is 20.9 Å². The fraction of sp³-hybridized carbons (Fsp3) is 0.623. The number of amides is 7. The first kappa shape index (κ1) is 69.5. The summed E-state index contributed by atoms with van der Waals surface area (Å²) in [5.41, 5.74) is 20.9. The Morgan fingerprint density at radius 2 is 1.14 bits per heavy atom. The van der Waals surface area contributed by atoms with Crippen LogP contribution < -0.4 is 129 Å². The van der Waals surface area contributed by atoms with Crippen molar-refractivity contribution in [3.8, 4) is 0 Å². The molecule has 2 aromatic rings. The van der Waals surface area contributed by atoms with E-state index in [0.29, 0.717) is 57.6 Å². The zero-order chi connectivity index (χ0) is 52.0. The summed E-state index contributed by atoms with van der Waals surface area (Å²) in [4.78, 5) is 90.1. The molecule has 1 saturated carbocycles. The van der Waals surface area contributed by atoms with E-state index in [1.807, 2.05) is 95.3 Å². The Bertz CT molecular complexity index is 2060.